The highest BCUT2D eigenvalue weighted by atomic mass is 35.5. The van der Waals surface area contributed by atoms with Crippen LogP contribution < -0.4 is 20.5 Å². The van der Waals surface area contributed by atoms with Gasteiger partial charge >= 0.3 is 0 Å². The number of amidine groups is 1. The number of hydrazine groups is 1. The second-order valence-electron chi connectivity index (χ2n) is 6.40. The van der Waals surface area contributed by atoms with Crippen molar-refractivity contribution in [3.8, 4) is 5.75 Å². The van der Waals surface area contributed by atoms with Crippen LogP contribution in [-0.4, -0.2) is 30.9 Å². The summed E-state index contributed by atoms with van der Waals surface area (Å²) in [5, 5.41) is 0.996. The Balaban J connectivity index is 1.70. The molecule has 1 amide bonds. The van der Waals surface area contributed by atoms with E-state index in [0.717, 1.165) is 5.56 Å². The minimum Gasteiger partial charge on any atom is -0.495 e. The second-order valence-corrected chi connectivity index (χ2v) is 7.78. The van der Waals surface area contributed by atoms with Crippen molar-refractivity contribution in [2.75, 3.05) is 18.6 Å². The maximum Gasteiger partial charge on any atom is 0.241 e. The molecular weight excluding hydrogens is 403 g/mol. The molecule has 0 bridgehead atoms. The van der Waals surface area contributed by atoms with Crippen LogP contribution in [0.4, 0.5) is 10.1 Å². The molecule has 2 atom stereocenters. The fourth-order valence-corrected chi connectivity index (χ4v) is 4.35. The van der Waals surface area contributed by atoms with E-state index >= 15 is 0 Å². The Hall–Kier alpha value is -2.13. The van der Waals surface area contributed by atoms with E-state index in [1.54, 1.807) is 36.3 Å². The molecule has 28 heavy (non-hydrogen) atoms. The van der Waals surface area contributed by atoms with Gasteiger partial charge < -0.3 is 4.74 Å². The van der Waals surface area contributed by atoms with Gasteiger partial charge in [-0.1, -0.05) is 35.5 Å². The molecule has 2 aromatic carbocycles. The van der Waals surface area contributed by atoms with Gasteiger partial charge in [-0.05, 0) is 35.9 Å². The van der Waals surface area contributed by atoms with E-state index in [9.17, 15) is 9.18 Å². The maximum absolute atomic E-state index is 13.5. The van der Waals surface area contributed by atoms with Crippen LogP contribution >= 0.6 is 23.4 Å². The number of amides is 1. The topological polar surface area (TPSA) is 66.0 Å². The van der Waals surface area contributed by atoms with E-state index in [1.807, 2.05) is 6.07 Å². The molecule has 1 fully saturated rings. The molecule has 0 aromatic heterocycles. The zero-order chi connectivity index (χ0) is 19.7. The molecule has 2 unspecified atom stereocenters. The van der Waals surface area contributed by atoms with Crippen LogP contribution in [0.2, 0.25) is 5.02 Å². The van der Waals surface area contributed by atoms with Gasteiger partial charge in [0.2, 0.25) is 5.91 Å². The van der Waals surface area contributed by atoms with E-state index in [2.05, 4.69) is 10.9 Å². The summed E-state index contributed by atoms with van der Waals surface area (Å²) in [4.78, 5) is 19.5. The third-order valence-corrected chi connectivity index (χ3v) is 5.83. The van der Waals surface area contributed by atoms with Gasteiger partial charge in [0.1, 0.15) is 17.7 Å². The molecule has 4 rings (SSSR count). The minimum atomic E-state index is -0.344. The number of benzene rings is 2. The summed E-state index contributed by atoms with van der Waals surface area (Å²) < 4.78 is 18.9. The summed E-state index contributed by atoms with van der Waals surface area (Å²) in [5.41, 5.74) is 7.35. The summed E-state index contributed by atoms with van der Waals surface area (Å²) in [6, 6.07) is 11.5. The fourth-order valence-electron chi connectivity index (χ4n) is 3.20. The Labute approximate surface area is 171 Å². The lowest BCUT2D eigenvalue weighted by molar-refractivity contribution is -0.121. The number of halogens is 2. The number of hydrogen-bond acceptors (Lipinski definition) is 6. The first-order chi connectivity index (χ1) is 13.6. The number of rotatable bonds is 4. The standard InChI is InChI=1S/C19H18ClFN4O2S/c1-27-16-6-5-12(20)8-15(16)25-18(26)14-9-22-24-17(14)23-19(25)28-10-11-3-2-4-13(21)7-11/h2-8,14,17,22,24H,9-10H2,1H3. The first-order valence-corrected chi connectivity index (χ1v) is 10.0. The van der Waals surface area contributed by atoms with Crippen LogP contribution in [0.25, 0.3) is 0 Å². The van der Waals surface area contributed by atoms with Crippen molar-refractivity contribution in [1.29, 1.82) is 0 Å². The third-order valence-electron chi connectivity index (χ3n) is 4.57. The van der Waals surface area contributed by atoms with Crippen molar-refractivity contribution in [2.24, 2.45) is 10.9 Å². The Bertz CT molecular complexity index is 942. The van der Waals surface area contributed by atoms with E-state index in [1.165, 1.54) is 23.9 Å². The molecular formula is C19H18ClFN4O2S. The predicted octanol–water partition coefficient (Wildman–Crippen LogP) is 3.17. The summed E-state index contributed by atoms with van der Waals surface area (Å²) in [6.07, 6.45) is -0.344. The summed E-state index contributed by atoms with van der Waals surface area (Å²) in [6.45, 7) is 0.480. The molecule has 6 nitrogen and oxygen atoms in total. The number of carbonyl (C=O) groups is 1. The molecule has 1 saturated heterocycles. The van der Waals surface area contributed by atoms with Crippen molar-refractivity contribution < 1.29 is 13.9 Å². The molecule has 0 saturated carbocycles. The van der Waals surface area contributed by atoms with Crippen LogP contribution in [-0.2, 0) is 10.5 Å². The van der Waals surface area contributed by atoms with Gasteiger partial charge in [0.05, 0.1) is 18.7 Å². The molecule has 2 aromatic rings. The molecule has 2 N–H and O–H groups in total. The summed E-state index contributed by atoms with van der Waals surface area (Å²) >= 11 is 7.55. The van der Waals surface area contributed by atoms with Gasteiger partial charge in [-0.3, -0.25) is 15.1 Å². The lowest BCUT2D eigenvalue weighted by Crippen LogP contribution is -2.49. The number of nitrogens with one attached hydrogen (secondary N) is 2. The fraction of sp³-hybridized carbons (Fsp3) is 0.263. The highest BCUT2D eigenvalue weighted by Gasteiger charge is 2.43. The van der Waals surface area contributed by atoms with Gasteiger partial charge in [-0.15, -0.1) is 0 Å². The molecule has 0 spiro atoms. The summed E-state index contributed by atoms with van der Waals surface area (Å²) in [7, 11) is 1.54. The van der Waals surface area contributed by atoms with Crippen LogP contribution in [0.1, 0.15) is 5.56 Å². The first kappa shape index (κ1) is 19.2. The van der Waals surface area contributed by atoms with E-state index < -0.39 is 0 Å². The smallest absolute Gasteiger partial charge is 0.241 e. The molecule has 2 aliphatic heterocycles. The molecule has 0 aliphatic carbocycles. The monoisotopic (exact) mass is 420 g/mol. The molecule has 146 valence electrons. The number of nitrogens with zero attached hydrogens (tertiary/aromatic N) is 2. The number of anilines is 1. The Kier molecular flexibility index (Phi) is 5.54. The van der Waals surface area contributed by atoms with Crippen LogP contribution in [0.5, 0.6) is 5.75 Å². The average Bonchev–Trinajstić information content (AvgIpc) is 3.15. The minimum absolute atomic E-state index is 0.0974. The quantitative estimate of drug-likeness (QED) is 0.795. The number of carbonyl (C=O) groups excluding carboxylic acids is 1. The lowest BCUT2D eigenvalue weighted by atomic mass is 10.0. The van der Waals surface area contributed by atoms with Gasteiger partial charge in [0, 0.05) is 17.3 Å². The van der Waals surface area contributed by atoms with Crippen molar-refractivity contribution >= 4 is 40.1 Å². The zero-order valence-electron chi connectivity index (χ0n) is 15.0. The van der Waals surface area contributed by atoms with Crippen molar-refractivity contribution in [1.82, 2.24) is 10.9 Å². The van der Waals surface area contributed by atoms with Crippen molar-refractivity contribution in [2.45, 2.75) is 11.9 Å². The Morgan fingerprint density at radius 1 is 1.36 bits per heavy atom. The second kappa shape index (κ2) is 8.08. The Morgan fingerprint density at radius 2 is 2.21 bits per heavy atom. The zero-order valence-corrected chi connectivity index (χ0v) is 16.6. The van der Waals surface area contributed by atoms with Crippen molar-refractivity contribution in [3.05, 3.63) is 58.9 Å². The predicted molar refractivity (Wildman–Crippen MR) is 109 cm³/mol. The van der Waals surface area contributed by atoms with Gasteiger partial charge in [0.15, 0.2) is 5.17 Å². The number of thioether (sulfide) groups is 1. The average molecular weight is 421 g/mol. The molecule has 0 radical (unpaired) electrons. The van der Waals surface area contributed by atoms with Gasteiger partial charge in [0.25, 0.3) is 0 Å². The number of aliphatic imine (C=N–C) groups is 1. The molecule has 2 heterocycles. The first-order valence-electron chi connectivity index (χ1n) is 8.68. The van der Waals surface area contributed by atoms with Gasteiger partial charge in [-0.2, -0.15) is 0 Å². The largest absolute Gasteiger partial charge is 0.495 e. The van der Waals surface area contributed by atoms with E-state index in [-0.39, 0.29) is 23.8 Å². The highest BCUT2D eigenvalue weighted by Crippen LogP contribution is 2.37. The number of fused-ring (bicyclic) bond motifs is 1. The van der Waals surface area contributed by atoms with Crippen LogP contribution in [0, 0.1) is 11.7 Å². The highest BCUT2D eigenvalue weighted by molar-refractivity contribution is 8.13. The third kappa shape index (κ3) is 3.73. The normalized spacial score (nSPS) is 21.5. The van der Waals surface area contributed by atoms with Gasteiger partial charge in [-0.25, -0.2) is 14.8 Å². The van der Waals surface area contributed by atoms with E-state index in [4.69, 9.17) is 21.3 Å². The maximum atomic E-state index is 13.5. The molecule has 9 heteroatoms. The van der Waals surface area contributed by atoms with E-state index in [0.29, 0.717) is 33.9 Å². The van der Waals surface area contributed by atoms with Crippen molar-refractivity contribution in [3.63, 3.8) is 0 Å². The SMILES string of the molecule is COc1ccc(Cl)cc1N1C(=O)C2CNNC2N=C1SCc1cccc(F)c1. The number of hydrogen-bond donors (Lipinski definition) is 2. The number of methoxy groups -OCH3 is 1. The summed E-state index contributed by atoms with van der Waals surface area (Å²) in [5.74, 6) is 0.264. The molecule has 2 aliphatic rings. The Morgan fingerprint density at radius 3 is 3.00 bits per heavy atom. The number of ether oxygens (including phenoxy) is 1. The van der Waals surface area contributed by atoms with Crippen LogP contribution in [0.3, 0.4) is 0 Å². The van der Waals surface area contributed by atoms with Crippen LogP contribution in [0.15, 0.2) is 47.5 Å². The lowest BCUT2D eigenvalue weighted by Gasteiger charge is -2.33.